The highest BCUT2D eigenvalue weighted by molar-refractivity contribution is 8.03. The summed E-state index contributed by atoms with van der Waals surface area (Å²) in [6, 6.07) is 20.6. The number of anilines is 1. The Bertz CT molecular complexity index is 796. The van der Waals surface area contributed by atoms with E-state index in [0.717, 1.165) is 22.8 Å². The third-order valence-electron chi connectivity index (χ3n) is 4.02. The quantitative estimate of drug-likeness (QED) is 0.657. The van der Waals surface area contributed by atoms with Crippen LogP contribution in [0.5, 0.6) is 0 Å². The molecule has 130 valence electrons. The highest BCUT2D eigenvalue weighted by atomic mass is 79.9. The third-order valence-corrected chi connectivity index (χ3v) is 5.21. The Kier molecular flexibility index (Phi) is 5.08. The molecule has 1 unspecified atom stereocenters. The molecule has 0 saturated carbocycles. The molecule has 0 radical (unpaired) electrons. The van der Waals surface area contributed by atoms with Crippen LogP contribution < -0.4 is 32.8 Å². The van der Waals surface area contributed by atoms with Crippen molar-refractivity contribution in [3.63, 3.8) is 0 Å². The number of nitrogens with zero attached hydrogens (tertiary/aromatic N) is 3. The van der Waals surface area contributed by atoms with E-state index in [9.17, 15) is 0 Å². The second-order valence-electron chi connectivity index (χ2n) is 5.98. The van der Waals surface area contributed by atoms with Crippen LogP contribution in [0, 0.1) is 0 Å². The smallest absolute Gasteiger partial charge is 0.276 e. The summed E-state index contributed by atoms with van der Waals surface area (Å²) in [6.45, 7) is 4.22. The lowest BCUT2D eigenvalue weighted by molar-refractivity contribution is -0.566. The normalized spacial score (nSPS) is 22.2. The first-order valence-corrected chi connectivity index (χ1v) is 8.80. The summed E-state index contributed by atoms with van der Waals surface area (Å²) in [5.74, 6) is 0.952. The van der Waals surface area contributed by atoms with Crippen LogP contribution in [0.15, 0.2) is 76.9 Å². The van der Waals surface area contributed by atoms with Gasteiger partial charge in [-0.2, -0.15) is 5.43 Å². The molecule has 25 heavy (non-hydrogen) atoms. The molecule has 2 aromatic carbocycles. The zero-order valence-electron chi connectivity index (χ0n) is 14.1. The molecule has 2 aromatic rings. The molecule has 0 aromatic heterocycles. The van der Waals surface area contributed by atoms with Gasteiger partial charge in [0.2, 0.25) is 4.99 Å². The second kappa shape index (κ2) is 7.11. The van der Waals surface area contributed by atoms with E-state index in [1.807, 2.05) is 41.5 Å². The SMILES string of the molecule is CC1=CSC(C)(N2N=C(c3ccccc3)[NH2+]N2c2ccccc2)N1.[Br-]. The maximum atomic E-state index is 4.91. The van der Waals surface area contributed by atoms with Gasteiger partial charge >= 0.3 is 0 Å². The molecule has 3 N–H and O–H groups in total. The van der Waals surface area contributed by atoms with E-state index < -0.39 is 0 Å². The second-order valence-corrected chi connectivity index (χ2v) is 7.24. The van der Waals surface area contributed by atoms with Crippen molar-refractivity contribution in [2.24, 2.45) is 5.10 Å². The highest BCUT2D eigenvalue weighted by Crippen LogP contribution is 2.37. The van der Waals surface area contributed by atoms with Crippen LogP contribution in [-0.4, -0.2) is 15.9 Å². The fourth-order valence-corrected chi connectivity index (χ4v) is 3.79. The van der Waals surface area contributed by atoms with Crippen molar-refractivity contribution >= 4 is 23.3 Å². The average Bonchev–Trinajstić information content (AvgIpc) is 3.21. The lowest BCUT2D eigenvalue weighted by Gasteiger charge is -2.36. The molecular formula is C18H20BrN5S. The Labute approximate surface area is 162 Å². The number of nitrogens with two attached hydrogens (primary N) is 1. The fraction of sp³-hybridized carbons (Fsp3) is 0.167. The van der Waals surface area contributed by atoms with Crippen LogP contribution in [0.25, 0.3) is 0 Å². The van der Waals surface area contributed by atoms with E-state index in [2.05, 4.69) is 59.4 Å². The topological polar surface area (TPSA) is 47.5 Å². The number of amidine groups is 1. The van der Waals surface area contributed by atoms with Crippen LogP contribution >= 0.6 is 11.8 Å². The zero-order valence-corrected chi connectivity index (χ0v) is 16.5. The third kappa shape index (κ3) is 3.40. The molecule has 0 aliphatic carbocycles. The van der Waals surface area contributed by atoms with Gasteiger partial charge < -0.3 is 22.3 Å². The molecule has 1 atom stereocenters. The van der Waals surface area contributed by atoms with Gasteiger partial charge in [-0.1, -0.05) is 53.3 Å². The number of halogens is 1. The van der Waals surface area contributed by atoms with E-state index >= 15 is 0 Å². The minimum atomic E-state index is -0.354. The Morgan fingerprint density at radius 2 is 1.68 bits per heavy atom. The van der Waals surface area contributed by atoms with Crippen molar-refractivity contribution in [3.8, 4) is 0 Å². The number of hydrazone groups is 1. The number of allylic oxidation sites excluding steroid dienone is 1. The number of quaternary nitrogens is 1. The van der Waals surface area contributed by atoms with Crippen molar-refractivity contribution in [1.82, 2.24) is 10.4 Å². The molecule has 5 nitrogen and oxygen atoms in total. The maximum Gasteiger partial charge on any atom is 0.276 e. The summed E-state index contributed by atoms with van der Waals surface area (Å²) >= 11 is 1.73. The molecule has 2 aliphatic heterocycles. The van der Waals surface area contributed by atoms with Crippen molar-refractivity contribution in [1.29, 1.82) is 0 Å². The van der Waals surface area contributed by atoms with Crippen LogP contribution in [-0.2, 0) is 0 Å². The van der Waals surface area contributed by atoms with Gasteiger partial charge in [-0.15, -0.1) is 10.2 Å². The van der Waals surface area contributed by atoms with Crippen LogP contribution in [0.3, 0.4) is 0 Å². The number of benzene rings is 2. The number of nitrogens with one attached hydrogen (secondary N) is 1. The van der Waals surface area contributed by atoms with Crippen molar-refractivity contribution < 1.29 is 22.4 Å². The molecule has 0 fully saturated rings. The number of thioether (sulfide) groups is 1. The van der Waals surface area contributed by atoms with Crippen molar-refractivity contribution in [2.75, 3.05) is 5.12 Å². The minimum Gasteiger partial charge on any atom is -1.00 e. The highest BCUT2D eigenvalue weighted by Gasteiger charge is 2.45. The van der Waals surface area contributed by atoms with Gasteiger partial charge in [0.25, 0.3) is 5.84 Å². The van der Waals surface area contributed by atoms with E-state index in [0.29, 0.717) is 0 Å². The van der Waals surface area contributed by atoms with Gasteiger partial charge in [0.1, 0.15) is 5.69 Å². The summed E-state index contributed by atoms with van der Waals surface area (Å²) in [6.07, 6.45) is 0. The molecule has 4 rings (SSSR count). The summed E-state index contributed by atoms with van der Waals surface area (Å²) in [4.78, 5) is -0.354. The molecule has 0 amide bonds. The lowest BCUT2D eigenvalue weighted by atomic mass is 10.2. The maximum absolute atomic E-state index is 4.91. The first-order chi connectivity index (χ1) is 11.7. The number of para-hydroxylation sites is 1. The molecule has 2 aliphatic rings. The Morgan fingerprint density at radius 1 is 1.04 bits per heavy atom. The number of hydrogen-bond donors (Lipinski definition) is 2. The standard InChI is InChI=1S/C18H19N5S.BrH/c1-14-13-24-18(2,19-14)23-21-17(15-9-5-3-6-10-15)20-22(23)16-11-7-4-8-12-16;/h3-13,19H,1-2H3,(H,20,21);1H. The Hall–Kier alpha value is -1.96. The summed E-state index contributed by atoms with van der Waals surface area (Å²) in [5, 5.41) is 14.7. The van der Waals surface area contributed by atoms with Gasteiger partial charge in [-0.05, 0) is 43.5 Å². The van der Waals surface area contributed by atoms with E-state index in [1.54, 1.807) is 11.8 Å². The first kappa shape index (κ1) is 17.8. The van der Waals surface area contributed by atoms with Gasteiger partial charge in [-0.3, -0.25) is 0 Å². The number of hydrazine groups is 1. The van der Waals surface area contributed by atoms with E-state index in [4.69, 9.17) is 5.10 Å². The lowest BCUT2D eigenvalue weighted by Crippen LogP contribution is -3.00. The summed E-state index contributed by atoms with van der Waals surface area (Å²) in [5.41, 5.74) is 5.43. The van der Waals surface area contributed by atoms with Crippen molar-refractivity contribution in [3.05, 3.63) is 77.3 Å². The minimum absolute atomic E-state index is 0. The van der Waals surface area contributed by atoms with Crippen LogP contribution in [0.2, 0.25) is 0 Å². The van der Waals surface area contributed by atoms with Crippen LogP contribution in [0.1, 0.15) is 19.4 Å². The predicted octanol–water partition coefficient (Wildman–Crippen LogP) is -0.561. The molecule has 0 spiro atoms. The predicted molar refractivity (Wildman–Crippen MR) is 98.6 cm³/mol. The van der Waals surface area contributed by atoms with Gasteiger partial charge in [0.15, 0.2) is 0 Å². The van der Waals surface area contributed by atoms with Gasteiger partial charge in [-0.25, -0.2) is 0 Å². The van der Waals surface area contributed by atoms with E-state index in [1.165, 1.54) is 0 Å². The molecule has 0 saturated heterocycles. The fourth-order valence-electron chi connectivity index (χ4n) is 2.88. The van der Waals surface area contributed by atoms with Crippen molar-refractivity contribution in [2.45, 2.75) is 18.8 Å². The van der Waals surface area contributed by atoms with Crippen LogP contribution in [0.4, 0.5) is 5.69 Å². The molecule has 7 heteroatoms. The zero-order chi connectivity index (χ0) is 16.6. The summed E-state index contributed by atoms with van der Waals surface area (Å²) < 4.78 is 0. The summed E-state index contributed by atoms with van der Waals surface area (Å²) in [7, 11) is 0. The monoisotopic (exact) mass is 417 g/mol. The van der Waals surface area contributed by atoms with E-state index in [-0.39, 0.29) is 22.0 Å². The Morgan fingerprint density at radius 3 is 2.28 bits per heavy atom. The number of rotatable bonds is 3. The van der Waals surface area contributed by atoms with Gasteiger partial charge in [0, 0.05) is 5.70 Å². The largest absolute Gasteiger partial charge is 1.00 e. The number of hydrogen-bond acceptors (Lipinski definition) is 5. The first-order valence-electron chi connectivity index (χ1n) is 7.92. The molecule has 2 heterocycles. The molecule has 0 bridgehead atoms. The average molecular weight is 418 g/mol. The molecular weight excluding hydrogens is 398 g/mol. The van der Waals surface area contributed by atoms with Gasteiger partial charge in [0.05, 0.1) is 5.56 Å². The Balaban J connectivity index is 0.00000182.